The molecule has 0 aliphatic carbocycles. The normalized spacial score (nSPS) is 11.2. The second kappa shape index (κ2) is 5.36. The fourth-order valence-electron chi connectivity index (χ4n) is 2.65. The summed E-state index contributed by atoms with van der Waals surface area (Å²) in [6.45, 7) is 4.29. The minimum atomic E-state index is 1.11. The van der Waals surface area contributed by atoms with E-state index in [-0.39, 0.29) is 0 Å². The summed E-state index contributed by atoms with van der Waals surface area (Å²) in [7, 11) is 8.31. The molecule has 1 heterocycles. The number of benzene rings is 2. The Hall–Kier alpha value is -1.94. The van der Waals surface area contributed by atoms with Crippen LogP contribution in [-0.2, 0) is 0 Å². The van der Waals surface area contributed by atoms with E-state index in [0.29, 0.717) is 0 Å². The summed E-state index contributed by atoms with van der Waals surface area (Å²) in [5, 5.41) is 0. The van der Waals surface area contributed by atoms with Gasteiger partial charge in [0, 0.05) is 51.7 Å². The molecule has 4 heteroatoms. The minimum Gasteiger partial charge on any atom is -0.377 e. The predicted octanol–water partition coefficient (Wildman–Crippen LogP) is 4.48. The van der Waals surface area contributed by atoms with Crippen LogP contribution >= 0.6 is 11.3 Å². The number of anilines is 2. The lowest BCUT2D eigenvalue weighted by Gasteiger charge is -2.14. The van der Waals surface area contributed by atoms with Crippen molar-refractivity contribution in [3.8, 4) is 0 Å². The molecule has 0 bridgehead atoms. The monoisotopic (exact) mass is 316 g/mol. The highest BCUT2D eigenvalue weighted by Gasteiger charge is 2.18. The lowest BCUT2D eigenvalue weighted by Crippen LogP contribution is -2.09. The molecule has 0 saturated heterocycles. The number of aromatic nitrogens is 1. The van der Waals surface area contributed by atoms with Crippen LogP contribution < -0.4 is 9.80 Å². The van der Waals surface area contributed by atoms with Crippen molar-refractivity contribution >= 4 is 43.1 Å². The molecular formula is C18H22N3S+. The van der Waals surface area contributed by atoms with Gasteiger partial charge in [0.25, 0.3) is 9.40 Å². The van der Waals surface area contributed by atoms with Gasteiger partial charge in [-0.3, -0.25) is 0 Å². The molecule has 2 aromatic carbocycles. The standard InChI is InChI=1S/C18H22N3S/c1-11-7-13(20(3)4)9-15-17(11)19-18-12(2)8-14(21(5)6)10-16(18)22-15/h7-10H,1-6H3/q+1/i3+1,4+1,5+1,6+1. The van der Waals surface area contributed by atoms with E-state index < -0.39 is 0 Å². The zero-order valence-electron chi connectivity index (χ0n) is 14.1. The predicted molar refractivity (Wildman–Crippen MR) is 99.7 cm³/mol. The molecule has 0 spiro atoms. The van der Waals surface area contributed by atoms with Crippen molar-refractivity contribution in [2.24, 2.45) is 0 Å². The summed E-state index contributed by atoms with van der Waals surface area (Å²) < 4.78 is 2.48. The fraction of sp³-hybridized carbons (Fsp3) is 0.333. The van der Waals surface area contributed by atoms with E-state index in [2.05, 4.69) is 76.1 Å². The van der Waals surface area contributed by atoms with E-state index in [9.17, 15) is 0 Å². The fourth-order valence-corrected chi connectivity index (χ4v) is 3.85. The Balaban J connectivity index is 2.36. The smallest absolute Gasteiger partial charge is 0.259 e. The molecule has 1 aromatic heterocycles. The Labute approximate surface area is 135 Å². The van der Waals surface area contributed by atoms with Crippen LogP contribution in [0.1, 0.15) is 11.1 Å². The number of hydrogen-bond acceptors (Lipinski definition) is 3. The van der Waals surface area contributed by atoms with Gasteiger partial charge in [0.1, 0.15) is 11.0 Å². The first-order valence-electron chi connectivity index (χ1n) is 7.40. The van der Waals surface area contributed by atoms with Crippen LogP contribution in [0.3, 0.4) is 0 Å². The average Bonchev–Trinajstić information content (AvgIpc) is 2.45. The van der Waals surface area contributed by atoms with E-state index in [1.54, 1.807) is 0 Å². The van der Waals surface area contributed by atoms with Crippen molar-refractivity contribution in [3.05, 3.63) is 35.4 Å². The minimum absolute atomic E-state index is 1.11. The Bertz CT molecular complexity index is 800. The number of aryl methyl sites for hydroxylation is 2. The lowest BCUT2D eigenvalue weighted by atomic mass is 10.1. The summed E-state index contributed by atoms with van der Waals surface area (Å²) in [6, 6.07) is 8.88. The summed E-state index contributed by atoms with van der Waals surface area (Å²) in [5.41, 5.74) is 7.14. The Morgan fingerprint density at radius 1 is 0.727 bits per heavy atom. The van der Waals surface area contributed by atoms with Crippen LogP contribution in [0, 0.1) is 13.8 Å². The van der Waals surface area contributed by atoms with Crippen LogP contribution in [0.15, 0.2) is 24.3 Å². The van der Waals surface area contributed by atoms with Crippen LogP contribution in [0.4, 0.5) is 11.4 Å². The molecule has 0 unspecified atom stereocenters. The van der Waals surface area contributed by atoms with E-state index in [4.69, 9.17) is 4.98 Å². The third-order valence-corrected chi connectivity index (χ3v) is 5.04. The molecule has 0 aliphatic heterocycles. The van der Waals surface area contributed by atoms with Gasteiger partial charge >= 0.3 is 0 Å². The zero-order chi connectivity index (χ0) is 16.0. The van der Waals surface area contributed by atoms with Crippen molar-refractivity contribution in [2.75, 3.05) is 38.0 Å². The molecule has 3 rings (SSSR count). The number of nitrogens with zero attached hydrogens (tertiary/aromatic N) is 3. The molecule has 0 N–H and O–H groups in total. The van der Waals surface area contributed by atoms with Crippen LogP contribution in [-0.4, -0.2) is 33.2 Å². The van der Waals surface area contributed by atoms with E-state index in [0.717, 1.165) is 11.0 Å². The Kier molecular flexibility index (Phi) is 3.65. The maximum atomic E-state index is 4.95. The quantitative estimate of drug-likeness (QED) is 0.395. The molecule has 0 atom stereocenters. The SMILES string of the molecule is Cc1cc(N([13CH3])[13CH3])cc2[s+]c3cc(N([13CH3])[13CH3])cc(C)c3nc12. The van der Waals surface area contributed by atoms with E-state index in [1.807, 2.05) is 11.3 Å². The van der Waals surface area contributed by atoms with Gasteiger partial charge in [-0.25, -0.2) is 4.98 Å². The third-order valence-electron chi connectivity index (χ3n) is 3.98. The van der Waals surface area contributed by atoms with Crippen molar-refractivity contribution < 1.29 is 0 Å². The number of rotatable bonds is 2. The first-order valence-corrected chi connectivity index (χ1v) is 8.22. The van der Waals surface area contributed by atoms with Gasteiger partial charge < -0.3 is 9.80 Å². The molecule has 114 valence electrons. The van der Waals surface area contributed by atoms with Crippen LogP contribution in [0.25, 0.3) is 20.4 Å². The highest BCUT2D eigenvalue weighted by molar-refractivity contribution is 7.24. The third kappa shape index (κ3) is 2.48. The highest BCUT2D eigenvalue weighted by Crippen LogP contribution is 2.34. The molecule has 3 aromatic rings. The van der Waals surface area contributed by atoms with Crippen LogP contribution in [0.2, 0.25) is 0 Å². The topological polar surface area (TPSA) is 19.4 Å². The van der Waals surface area contributed by atoms with Crippen molar-refractivity contribution in [2.45, 2.75) is 13.8 Å². The number of fused-ring (bicyclic) bond motifs is 2. The molecule has 0 aliphatic rings. The molecule has 0 fully saturated rings. The summed E-state index contributed by atoms with van der Waals surface area (Å²) in [6.07, 6.45) is 0. The highest BCUT2D eigenvalue weighted by atomic mass is 32.1. The van der Waals surface area contributed by atoms with E-state index in [1.165, 1.54) is 31.9 Å². The van der Waals surface area contributed by atoms with Gasteiger partial charge in [0.15, 0.2) is 0 Å². The van der Waals surface area contributed by atoms with Gasteiger partial charge in [-0.1, -0.05) is 0 Å². The first kappa shape index (κ1) is 15.0. The summed E-state index contributed by atoms with van der Waals surface area (Å²) >= 11 is 1.83. The molecule has 0 saturated carbocycles. The molecule has 0 amide bonds. The van der Waals surface area contributed by atoms with Crippen molar-refractivity contribution in [1.29, 1.82) is 0 Å². The maximum Gasteiger partial charge on any atom is 0.259 e. The zero-order valence-corrected chi connectivity index (χ0v) is 14.9. The van der Waals surface area contributed by atoms with Crippen molar-refractivity contribution in [3.63, 3.8) is 0 Å². The summed E-state index contributed by atoms with van der Waals surface area (Å²) in [5.74, 6) is 0. The maximum absolute atomic E-state index is 4.95. The van der Waals surface area contributed by atoms with Gasteiger partial charge in [-0.05, 0) is 37.1 Å². The summed E-state index contributed by atoms with van der Waals surface area (Å²) in [4.78, 5) is 9.24. The van der Waals surface area contributed by atoms with Gasteiger partial charge in [0.05, 0.1) is 0 Å². The van der Waals surface area contributed by atoms with Gasteiger partial charge in [-0.15, -0.1) is 0 Å². The molecule has 0 radical (unpaired) electrons. The number of hydrogen-bond donors (Lipinski definition) is 0. The van der Waals surface area contributed by atoms with Gasteiger partial charge in [0.2, 0.25) is 11.3 Å². The molecule has 3 nitrogen and oxygen atoms in total. The second-order valence-corrected chi connectivity index (χ2v) is 7.31. The van der Waals surface area contributed by atoms with Crippen molar-refractivity contribution in [1.82, 2.24) is 4.98 Å². The van der Waals surface area contributed by atoms with Crippen LogP contribution in [0.5, 0.6) is 0 Å². The van der Waals surface area contributed by atoms with Gasteiger partial charge in [-0.2, -0.15) is 0 Å². The first-order chi connectivity index (χ1) is 10.4. The Morgan fingerprint density at radius 2 is 1.14 bits per heavy atom. The molecular weight excluding hydrogens is 294 g/mol. The largest absolute Gasteiger partial charge is 0.377 e. The Morgan fingerprint density at radius 3 is 1.50 bits per heavy atom. The molecule has 22 heavy (non-hydrogen) atoms. The van der Waals surface area contributed by atoms with E-state index >= 15 is 0 Å². The second-order valence-electron chi connectivity index (χ2n) is 6.22. The average molecular weight is 316 g/mol. The lowest BCUT2D eigenvalue weighted by molar-refractivity contribution is 1.13.